The first-order valence-corrected chi connectivity index (χ1v) is 12.5. The summed E-state index contributed by atoms with van der Waals surface area (Å²) in [7, 11) is 0. The third kappa shape index (κ3) is 5.89. The van der Waals surface area contributed by atoms with Gasteiger partial charge in [-0.05, 0) is 89.6 Å². The number of rotatable bonds is 10. The van der Waals surface area contributed by atoms with Gasteiger partial charge in [-0.15, -0.1) is 0 Å². The molecule has 2 aliphatic rings. The summed E-state index contributed by atoms with van der Waals surface area (Å²) in [5, 5.41) is 9.25. The molecule has 1 aromatic carbocycles. The van der Waals surface area contributed by atoms with Crippen LogP contribution in [0.15, 0.2) is 18.2 Å². The topological polar surface area (TPSA) is 50.6 Å². The molecule has 1 amide bonds. The van der Waals surface area contributed by atoms with E-state index in [4.69, 9.17) is 17.5 Å². The molecular weight excluding hydrogens is 461 g/mol. The number of thiocarbonyl (C=S) groups is 1. The Bertz CT molecular complexity index is 935. The summed E-state index contributed by atoms with van der Waals surface area (Å²) in [5.74, 6) is -0.364. The molecule has 1 aromatic rings. The van der Waals surface area contributed by atoms with E-state index in [1.54, 1.807) is 19.9 Å². The number of halogens is 3. The molecule has 0 unspecified atom stereocenters. The van der Waals surface area contributed by atoms with Crippen molar-refractivity contribution in [3.8, 4) is 6.07 Å². The Morgan fingerprint density at radius 1 is 1.03 bits per heavy atom. The molecule has 2 heterocycles. The van der Waals surface area contributed by atoms with E-state index in [9.17, 15) is 18.0 Å². The van der Waals surface area contributed by atoms with E-state index >= 15 is 0 Å². The molecule has 34 heavy (non-hydrogen) atoms. The molecule has 0 aromatic heterocycles. The van der Waals surface area contributed by atoms with E-state index in [0.29, 0.717) is 6.54 Å². The Kier molecular flexibility index (Phi) is 8.58. The number of nitriles is 1. The van der Waals surface area contributed by atoms with Crippen molar-refractivity contribution in [2.24, 2.45) is 0 Å². The first-order valence-electron chi connectivity index (χ1n) is 12.1. The van der Waals surface area contributed by atoms with E-state index in [1.165, 1.54) is 62.7 Å². The van der Waals surface area contributed by atoms with Gasteiger partial charge < -0.3 is 9.80 Å². The smallest absolute Gasteiger partial charge is 0.334 e. The van der Waals surface area contributed by atoms with Gasteiger partial charge in [0.25, 0.3) is 5.91 Å². The van der Waals surface area contributed by atoms with Crippen molar-refractivity contribution in [3.05, 3.63) is 29.3 Å². The van der Waals surface area contributed by atoms with Crippen LogP contribution in [0.25, 0.3) is 0 Å². The zero-order chi connectivity index (χ0) is 24.9. The summed E-state index contributed by atoms with van der Waals surface area (Å²) in [4.78, 5) is 18.6. The summed E-state index contributed by atoms with van der Waals surface area (Å²) in [6.45, 7) is 7.73. The normalized spacial score (nSPS) is 18.7. The highest BCUT2D eigenvalue weighted by Gasteiger charge is 2.49. The van der Waals surface area contributed by atoms with Gasteiger partial charge in [0.1, 0.15) is 5.54 Å². The minimum absolute atomic E-state index is 0.0369. The van der Waals surface area contributed by atoms with Crippen molar-refractivity contribution >= 4 is 28.9 Å². The minimum Gasteiger partial charge on any atom is -0.334 e. The highest BCUT2D eigenvalue weighted by atomic mass is 32.1. The number of anilines is 1. The first kappa shape index (κ1) is 26.4. The van der Waals surface area contributed by atoms with E-state index in [-0.39, 0.29) is 16.7 Å². The van der Waals surface area contributed by atoms with Gasteiger partial charge in [0.2, 0.25) is 0 Å². The van der Waals surface area contributed by atoms with Crippen molar-refractivity contribution in [1.82, 2.24) is 9.80 Å². The van der Waals surface area contributed by atoms with Crippen molar-refractivity contribution in [2.45, 2.75) is 76.9 Å². The average Bonchev–Trinajstić information content (AvgIpc) is 3.35. The maximum Gasteiger partial charge on any atom is 0.417 e. The molecule has 0 radical (unpaired) electrons. The number of hydrogen-bond donors (Lipinski definition) is 0. The number of carbonyl (C=O) groups is 1. The Hall–Kier alpha value is -2.18. The highest BCUT2D eigenvalue weighted by Crippen LogP contribution is 2.38. The van der Waals surface area contributed by atoms with Gasteiger partial charge in [-0.1, -0.05) is 25.7 Å². The van der Waals surface area contributed by atoms with Crippen molar-refractivity contribution in [2.75, 3.05) is 31.1 Å². The number of unbranched alkanes of at least 4 members (excludes halogenated alkanes) is 5. The Balaban J connectivity index is 1.55. The molecule has 0 N–H and O–H groups in total. The predicted molar refractivity (Wildman–Crippen MR) is 130 cm³/mol. The van der Waals surface area contributed by atoms with Gasteiger partial charge in [-0.3, -0.25) is 9.69 Å². The summed E-state index contributed by atoms with van der Waals surface area (Å²) >= 11 is 5.54. The number of carbonyl (C=O) groups excluding carboxylic acids is 1. The van der Waals surface area contributed by atoms with Crippen molar-refractivity contribution < 1.29 is 18.0 Å². The van der Waals surface area contributed by atoms with Gasteiger partial charge in [-0.2, -0.15) is 18.4 Å². The van der Waals surface area contributed by atoms with Crippen LogP contribution in [0, 0.1) is 11.3 Å². The molecule has 5 nitrogen and oxygen atoms in total. The van der Waals surface area contributed by atoms with E-state index < -0.39 is 22.8 Å². The lowest BCUT2D eigenvalue weighted by molar-refractivity contribution is -0.137. The number of likely N-dealkylation sites (tertiary alicyclic amines) is 1. The second-order valence-electron chi connectivity index (χ2n) is 9.64. The SMILES string of the molecule is CC1(C)C(=O)N(c2ccc(C#N)c(C(F)(F)F)c2)C(=S)N1CCCCCCCCN1CCCC1. The van der Waals surface area contributed by atoms with E-state index in [0.717, 1.165) is 31.4 Å². The fourth-order valence-electron chi connectivity index (χ4n) is 4.76. The summed E-state index contributed by atoms with van der Waals surface area (Å²) in [6.07, 6.45) is 4.57. The fourth-order valence-corrected chi connectivity index (χ4v) is 5.27. The second kappa shape index (κ2) is 11.0. The van der Waals surface area contributed by atoms with E-state index in [1.807, 2.05) is 4.90 Å². The fraction of sp³-hybridized carbons (Fsp3) is 0.640. The van der Waals surface area contributed by atoms with Gasteiger partial charge in [0.05, 0.1) is 22.9 Å². The van der Waals surface area contributed by atoms with Crippen molar-refractivity contribution in [3.63, 3.8) is 0 Å². The molecule has 3 rings (SSSR count). The monoisotopic (exact) mass is 494 g/mol. The number of benzene rings is 1. The summed E-state index contributed by atoms with van der Waals surface area (Å²) in [6, 6.07) is 4.84. The Morgan fingerprint density at radius 3 is 2.21 bits per heavy atom. The van der Waals surface area contributed by atoms with Gasteiger partial charge >= 0.3 is 6.18 Å². The van der Waals surface area contributed by atoms with Gasteiger partial charge in [0.15, 0.2) is 5.11 Å². The minimum atomic E-state index is -4.70. The summed E-state index contributed by atoms with van der Waals surface area (Å²) < 4.78 is 40.3. The molecule has 0 spiro atoms. The van der Waals surface area contributed by atoms with Crippen LogP contribution in [0.2, 0.25) is 0 Å². The molecule has 9 heteroatoms. The molecule has 2 fully saturated rings. The molecular formula is C25H33F3N4OS. The van der Waals surface area contributed by atoms with Crippen LogP contribution < -0.4 is 4.90 Å². The van der Waals surface area contributed by atoms with Crippen LogP contribution in [0.5, 0.6) is 0 Å². The predicted octanol–water partition coefficient (Wildman–Crippen LogP) is 5.73. The van der Waals surface area contributed by atoms with Crippen LogP contribution in [-0.4, -0.2) is 52.5 Å². The third-order valence-corrected chi connectivity index (χ3v) is 7.22. The summed E-state index contributed by atoms with van der Waals surface area (Å²) in [5.41, 5.74) is -2.46. The lowest BCUT2D eigenvalue weighted by atomic mass is 10.0. The van der Waals surface area contributed by atoms with Crippen LogP contribution in [0.3, 0.4) is 0 Å². The lowest BCUT2D eigenvalue weighted by Gasteiger charge is -2.29. The van der Waals surface area contributed by atoms with Gasteiger partial charge in [0, 0.05) is 6.54 Å². The largest absolute Gasteiger partial charge is 0.417 e. The maximum absolute atomic E-state index is 13.4. The van der Waals surface area contributed by atoms with E-state index in [2.05, 4.69) is 4.90 Å². The number of nitrogens with zero attached hydrogens (tertiary/aromatic N) is 4. The zero-order valence-electron chi connectivity index (χ0n) is 20.0. The number of amides is 1. The first-order chi connectivity index (χ1) is 16.1. The average molecular weight is 495 g/mol. The van der Waals surface area contributed by atoms with Crippen LogP contribution in [0.1, 0.15) is 76.3 Å². The van der Waals surface area contributed by atoms with Gasteiger partial charge in [-0.25, -0.2) is 0 Å². The number of alkyl halides is 3. The van der Waals surface area contributed by atoms with Crippen LogP contribution in [0.4, 0.5) is 18.9 Å². The molecule has 0 bridgehead atoms. The van der Waals surface area contributed by atoms with Crippen LogP contribution >= 0.6 is 12.2 Å². The molecule has 0 saturated carbocycles. The second-order valence-corrected chi connectivity index (χ2v) is 10.0. The quantitative estimate of drug-likeness (QED) is 0.307. The number of hydrogen-bond acceptors (Lipinski definition) is 4. The molecule has 2 saturated heterocycles. The molecule has 0 atom stereocenters. The molecule has 186 valence electrons. The highest BCUT2D eigenvalue weighted by molar-refractivity contribution is 7.80. The lowest BCUT2D eigenvalue weighted by Crippen LogP contribution is -2.44. The molecule has 0 aliphatic carbocycles. The standard InChI is InChI=1S/C25H33F3N4OS/c1-24(2)22(33)32(20-12-11-19(18-29)21(17-20)25(26,27)28)23(34)31(24)16-8-6-4-3-5-7-13-30-14-9-10-15-30/h11-12,17H,3-10,13-16H2,1-2H3. The van der Waals surface area contributed by atoms with Crippen molar-refractivity contribution in [1.29, 1.82) is 5.26 Å². The Morgan fingerprint density at radius 2 is 1.62 bits per heavy atom. The zero-order valence-corrected chi connectivity index (χ0v) is 20.8. The van der Waals surface area contributed by atoms with Crippen LogP contribution in [-0.2, 0) is 11.0 Å². The molecule has 2 aliphatic heterocycles. The Labute approximate surface area is 205 Å². The third-order valence-electron chi connectivity index (χ3n) is 6.82. The maximum atomic E-state index is 13.4.